The van der Waals surface area contributed by atoms with Crippen LogP contribution in [-0.2, 0) is 4.74 Å². The van der Waals surface area contributed by atoms with Crippen LogP contribution in [0.1, 0.15) is 32.6 Å². The van der Waals surface area contributed by atoms with Gasteiger partial charge in [0.1, 0.15) is 0 Å². The largest absolute Gasteiger partial charge is 0.379 e. The van der Waals surface area contributed by atoms with Crippen LogP contribution in [0.5, 0.6) is 0 Å². The molecule has 0 saturated heterocycles. The van der Waals surface area contributed by atoms with Crippen molar-refractivity contribution in [2.75, 3.05) is 6.61 Å². The fraction of sp³-hybridized carbons (Fsp3) is 1.00. The molecule has 2 atom stereocenters. The highest BCUT2D eigenvalue weighted by Gasteiger charge is 2.35. The molecule has 0 unspecified atom stereocenters. The van der Waals surface area contributed by atoms with Crippen LogP contribution in [0.2, 0.25) is 25.2 Å². The Kier molecular flexibility index (Phi) is 3.99. The molecule has 0 aromatic rings. The number of ether oxygens (including phenoxy) is 1. The Morgan fingerprint density at radius 2 is 1.77 bits per heavy atom. The molecule has 0 amide bonds. The Hall–Kier alpha value is 0.177. The summed E-state index contributed by atoms with van der Waals surface area (Å²) in [6.45, 7) is 10.5. The average molecular weight is 200 g/mol. The summed E-state index contributed by atoms with van der Waals surface area (Å²) >= 11 is 0. The van der Waals surface area contributed by atoms with Gasteiger partial charge in [0.05, 0.1) is 14.2 Å². The number of hydrogen-bond donors (Lipinski definition) is 0. The van der Waals surface area contributed by atoms with Gasteiger partial charge in [-0.15, -0.1) is 0 Å². The normalized spacial score (nSPS) is 30.5. The third kappa shape index (κ3) is 3.10. The lowest BCUT2D eigenvalue weighted by Gasteiger charge is -2.38. The van der Waals surface area contributed by atoms with Gasteiger partial charge in [0.2, 0.25) is 0 Å². The van der Waals surface area contributed by atoms with Gasteiger partial charge in [-0.3, -0.25) is 0 Å². The molecule has 0 heterocycles. The second-order valence-electron chi connectivity index (χ2n) is 5.25. The Morgan fingerprint density at radius 1 is 1.15 bits per heavy atom. The summed E-state index contributed by atoms with van der Waals surface area (Å²) in [5, 5.41) is 0. The van der Waals surface area contributed by atoms with E-state index in [0.29, 0.717) is 6.10 Å². The van der Waals surface area contributed by atoms with Crippen molar-refractivity contribution in [2.45, 2.75) is 63.9 Å². The maximum absolute atomic E-state index is 5.86. The van der Waals surface area contributed by atoms with Gasteiger partial charge in [-0.2, -0.15) is 0 Å². The summed E-state index contributed by atoms with van der Waals surface area (Å²) in [4.78, 5) is 0. The minimum atomic E-state index is -0.982. The first kappa shape index (κ1) is 11.3. The molecule has 0 bridgehead atoms. The fourth-order valence-electron chi connectivity index (χ4n) is 2.50. The van der Waals surface area contributed by atoms with Crippen LogP contribution in [0.3, 0.4) is 0 Å². The molecule has 1 aliphatic rings. The van der Waals surface area contributed by atoms with Crippen molar-refractivity contribution in [3.63, 3.8) is 0 Å². The van der Waals surface area contributed by atoms with Crippen molar-refractivity contribution in [3.8, 4) is 0 Å². The predicted molar refractivity (Wildman–Crippen MR) is 61.0 cm³/mol. The highest BCUT2D eigenvalue weighted by atomic mass is 28.3. The van der Waals surface area contributed by atoms with E-state index in [1.165, 1.54) is 25.7 Å². The second-order valence-corrected chi connectivity index (χ2v) is 10.7. The molecule has 1 rings (SSSR count). The minimum Gasteiger partial charge on any atom is -0.379 e. The lowest BCUT2D eigenvalue weighted by Crippen LogP contribution is -2.39. The summed E-state index contributed by atoms with van der Waals surface area (Å²) in [5.74, 6) is 0. The molecular weight excluding hydrogens is 176 g/mol. The molecule has 13 heavy (non-hydrogen) atoms. The van der Waals surface area contributed by atoms with E-state index in [2.05, 4.69) is 26.6 Å². The van der Waals surface area contributed by atoms with E-state index < -0.39 is 8.07 Å². The Morgan fingerprint density at radius 3 is 2.31 bits per heavy atom. The number of hydrogen-bond acceptors (Lipinski definition) is 1. The van der Waals surface area contributed by atoms with E-state index in [-0.39, 0.29) is 0 Å². The summed E-state index contributed by atoms with van der Waals surface area (Å²) in [6, 6.07) is 0. The standard InChI is InChI=1S/C11H24OSi/c1-5-12-10-8-6-7-9-11(10)13(2,3)4/h10-11H,5-9H2,1-4H3/t10-,11+/m0/s1. The summed E-state index contributed by atoms with van der Waals surface area (Å²) in [5.41, 5.74) is 0.904. The highest BCUT2D eigenvalue weighted by molar-refractivity contribution is 6.77. The van der Waals surface area contributed by atoms with Gasteiger partial charge in [0, 0.05) is 6.61 Å². The molecule has 0 aromatic carbocycles. The lowest BCUT2D eigenvalue weighted by molar-refractivity contribution is 0.0352. The molecule has 78 valence electrons. The van der Waals surface area contributed by atoms with Crippen LogP contribution in [-0.4, -0.2) is 20.8 Å². The molecular formula is C11H24OSi. The van der Waals surface area contributed by atoms with E-state index in [4.69, 9.17) is 4.74 Å². The summed E-state index contributed by atoms with van der Waals surface area (Å²) in [6.07, 6.45) is 6.12. The van der Waals surface area contributed by atoms with Gasteiger partial charge in [0.25, 0.3) is 0 Å². The van der Waals surface area contributed by atoms with Crippen LogP contribution >= 0.6 is 0 Å². The SMILES string of the molecule is CCO[C@H]1CCCC[C@H]1[Si](C)(C)C. The van der Waals surface area contributed by atoms with Gasteiger partial charge in [-0.05, 0) is 18.9 Å². The highest BCUT2D eigenvalue weighted by Crippen LogP contribution is 2.38. The zero-order chi connectivity index (χ0) is 9.90. The van der Waals surface area contributed by atoms with E-state index in [0.717, 1.165) is 12.1 Å². The zero-order valence-electron chi connectivity index (χ0n) is 9.60. The quantitative estimate of drug-likeness (QED) is 0.632. The van der Waals surface area contributed by atoms with Gasteiger partial charge in [-0.1, -0.05) is 38.9 Å². The zero-order valence-corrected chi connectivity index (χ0v) is 10.6. The van der Waals surface area contributed by atoms with Crippen molar-refractivity contribution >= 4 is 8.07 Å². The topological polar surface area (TPSA) is 9.23 Å². The van der Waals surface area contributed by atoms with Crippen LogP contribution in [0.25, 0.3) is 0 Å². The van der Waals surface area contributed by atoms with E-state index >= 15 is 0 Å². The van der Waals surface area contributed by atoms with E-state index in [1.807, 2.05) is 0 Å². The molecule has 1 fully saturated rings. The molecule has 0 aromatic heterocycles. The molecule has 0 N–H and O–H groups in total. The molecule has 2 heteroatoms. The third-order valence-corrected chi connectivity index (χ3v) is 6.08. The monoisotopic (exact) mass is 200 g/mol. The van der Waals surface area contributed by atoms with Gasteiger partial charge in [0.15, 0.2) is 0 Å². The number of rotatable bonds is 3. The smallest absolute Gasteiger partial charge is 0.0579 e. The summed E-state index contributed by atoms with van der Waals surface area (Å²) in [7, 11) is -0.982. The van der Waals surface area contributed by atoms with E-state index in [1.54, 1.807) is 0 Å². The summed E-state index contributed by atoms with van der Waals surface area (Å²) < 4.78 is 5.86. The maximum Gasteiger partial charge on any atom is 0.0579 e. The Bertz CT molecular complexity index is 149. The maximum atomic E-state index is 5.86. The van der Waals surface area contributed by atoms with Gasteiger partial charge >= 0.3 is 0 Å². The molecule has 1 nitrogen and oxygen atoms in total. The van der Waals surface area contributed by atoms with Crippen molar-refractivity contribution in [1.29, 1.82) is 0 Å². The molecule has 1 saturated carbocycles. The predicted octanol–water partition coefficient (Wildman–Crippen LogP) is 3.67. The van der Waals surface area contributed by atoms with Crippen molar-refractivity contribution in [1.82, 2.24) is 0 Å². The van der Waals surface area contributed by atoms with Crippen LogP contribution in [0.15, 0.2) is 0 Å². The van der Waals surface area contributed by atoms with Crippen LogP contribution in [0.4, 0.5) is 0 Å². The van der Waals surface area contributed by atoms with Crippen LogP contribution in [0, 0.1) is 0 Å². The fourth-order valence-corrected chi connectivity index (χ4v) is 4.95. The Balaban J connectivity index is 2.56. The van der Waals surface area contributed by atoms with Crippen LogP contribution < -0.4 is 0 Å². The first-order valence-corrected chi connectivity index (χ1v) is 9.25. The van der Waals surface area contributed by atoms with E-state index in [9.17, 15) is 0 Å². The van der Waals surface area contributed by atoms with Gasteiger partial charge < -0.3 is 4.74 Å². The minimum absolute atomic E-state index is 0.588. The van der Waals surface area contributed by atoms with Crippen molar-refractivity contribution < 1.29 is 4.74 Å². The lowest BCUT2D eigenvalue weighted by atomic mass is 9.97. The second kappa shape index (κ2) is 4.60. The third-order valence-electron chi connectivity index (χ3n) is 3.20. The molecule has 0 aliphatic heterocycles. The van der Waals surface area contributed by atoms with Crippen molar-refractivity contribution in [2.24, 2.45) is 0 Å². The first-order valence-electron chi connectivity index (χ1n) is 5.67. The average Bonchev–Trinajstić information content (AvgIpc) is 2.04. The Labute approximate surface area is 83.9 Å². The van der Waals surface area contributed by atoms with Crippen molar-refractivity contribution in [3.05, 3.63) is 0 Å². The molecule has 0 spiro atoms. The van der Waals surface area contributed by atoms with Gasteiger partial charge in [-0.25, -0.2) is 0 Å². The molecule has 1 aliphatic carbocycles. The first-order chi connectivity index (χ1) is 6.05. The molecule has 0 radical (unpaired) electrons.